The Morgan fingerprint density at radius 3 is 2.36 bits per heavy atom. The molecule has 0 atom stereocenters. The van der Waals surface area contributed by atoms with Crippen molar-refractivity contribution < 1.29 is 13.2 Å². The van der Waals surface area contributed by atoms with Crippen LogP contribution in [0.4, 0.5) is 5.95 Å². The minimum atomic E-state index is -3.32. The molecule has 0 spiro atoms. The second-order valence-corrected chi connectivity index (χ2v) is 8.19. The smallest absolute Gasteiger partial charge is 0.255 e. The number of ketones is 1. The van der Waals surface area contributed by atoms with Crippen molar-refractivity contribution in [1.29, 1.82) is 0 Å². The largest absolute Gasteiger partial charge is 0.348 e. The first-order chi connectivity index (χ1) is 13.3. The highest BCUT2D eigenvalue weighted by molar-refractivity contribution is 7.90. The highest BCUT2D eigenvalue weighted by Gasteiger charge is 2.12. The first-order valence-corrected chi connectivity index (χ1v) is 10.2. The Balaban J connectivity index is 1.79. The lowest BCUT2D eigenvalue weighted by molar-refractivity contribution is 0.101. The summed E-state index contributed by atoms with van der Waals surface area (Å²) in [5.74, 6) is -0.0102. The molecule has 3 aromatic rings. The summed E-state index contributed by atoms with van der Waals surface area (Å²) < 4.78 is 24.3. The van der Waals surface area contributed by atoms with Crippen molar-refractivity contribution in [3.63, 3.8) is 0 Å². The van der Waals surface area contributed by atoms with E-state index < -0.39 is 9.84 Å². The molecule has 0 radical (unpaired) electrons. The fraction of sp³-hybridized carbons (Fsp3) is 0.158. The maximum Gasteiger partial charge on any atom is 0.255 e. The predicted octanol–water partition coefficient (Wildman–Crippen LogP) is 1.54. The Kier molecular flexibility index (Phi) is 5.36. The summed E-state index contributed by atoms with van der Waals surface area (Å²) in [7, 11) is -1.77. The number of carbonyl (C=O) groups is 1. The Hall–Kier alpha value is -3.33. The molecule has 0 bridgehead atoms. The van der Waals surface area contributed by atoms with Crippen molar-refractivity contribution in [3.05, 3.63) is 70.8 Å². The van der Waals surface area contributed by atoms with E-state index in [1.165, 1.54) is 34.9 Å². The number of aromatic nitrogens is 3. The molecule has 1 N–H and O–H groups in total. The van der Waals surface area contributed by atoms with E-state index in [9.17, 15) is 18.0 Å². The fourth-order valence-corrected chi connectivity index (χ4v) is 3.15. The van der Waals surface area contributed by atoms with Crippen molar-refractivity contribution >= 4 is 21.6 Å². The molecule has 2 heterocycles. The van der Waals surface area contributed by atoms with Crippen LogP contribution in [0.3, 0.4) is 0 Å². The van der Waals surface area contributed by atoms with Gasteiger partial charge in [-0.05, 0) is 24.3 Å². The molecule has 1 aromatic carbocycles. The summed E-state index contributed by atoms with van der Waals surface area (Å²) in [6, 6.07) is 10.6. The van der Waals surface area contributed by atoms with Crippen LogP contribution in [0.1, 0.15) is 10.4 Å². The number of Topliss-reactive ketones (excluding diaryl/α,β-unsaturated/α-hetero) is 1. The lowest BCUT2D eigenvalue weighted by atomic mass is 10.1. The number of carbonyl (C=O) groups excluding carboxylic acids is 1. The minimum absolute atomic E-state index is 0.0989. The molecule has 0 aliphatic heterocycles. The summed E-state index contributed by atoms with van der Waals surface area (Å²) >= 11 is 0. The number of nitrogens with one attached hydrogen (secondary N) is 1. The molecular formula is C19H18N4O4S. The molecule has 0 aliphatic rings. The van der Waals surface area contributed by atoms with Crippen LogP contribution in [0.2, 0.25) is 0 Å². The van der Waals surface area contributed by atoms with E-state index in [-0.39, 0.29) is 28.7 Å². The zero-order chi connectivity index (χ0) is 20.3. The van der Waals surface area contributed by atoms with E-state index in [0.717, 1.165) is 11.8 Å². The molecule has 0 amide bonds. The zero-order valence-corrected chi connectivity index (χ0v) is 16.1. The third-order valence-corrected chi connectivity index (χ3v) is 5.25. The van der Waals surface area contributed by atoms with E-state index in [4.69, 9.17) is 0 Å². The number of hydrogen-bond donors (Lipinski definition) is 1. The van der Waals surface area contributed by atoms with Crippen LogP contribution in [0.25, 0.3) is 11.3 Å². The maximum absolute atomic E-state index is 12.4. The molecule has 0 saturated heterocycles. The van der Waals surface area contributed by atoms with Crippen molar-refractivity contribution in [1.82, 2.24) is 14.5 Å². The van der Waals surface area contributed by atoms with Gasteiger partial charge in [-0.25, -0.2) is 13.4 Å². The Morgan fingerprint density at radius 2 is 1.75 bits per heavy atom. The van der Waals surface area contributed by atoms with Gasteiger partial charge in [0, 0.05) is 42.9 Å². The minimum Gasteiger partial charge on any atom is -0.348 e. The standard InChI is InChI=1S/C19H18N4O4S/c1-23-18(25)11-16(13-7-9-20-10-8-13)22-19(23)21-12-17(24)14-3-5-15(6-4-14)28(2,26)27/h3-11H,12H2,1-2H3,(H,21,22). The maximum atomic E-state index is 12.4. The number of nitrogens with zero attached hydrogens (tertiary/aromatic N) is 3. The first kappa shape index (κ1) is 19.4. The van der Waals surface area contributed by atoms with E-state index in [1.807, 2.05) is 0 Å². The second kappa shape index (κ2) is 7.73. The van der Waals surface area contributed by atoms with Gasteiger partial charge in [-0.3, -0.25) is 19.1 Å². The van der Waals surface area contributed by atoms with Gasteiger partial charge >= 0.3 is 0 Å². The van der Waals surface area contributed by atoms with Crippen molar-refractivity contribution in [2.75, 3.05) is 18.1 Å². The summed E-state index contributed by atoms with van der Waals surface area (Å²) in [5.41, 5.74) is 1.29. The van der Waals surface area contributed by atoms with Crippen LogP contribution >= 0.6 is 0 Å². The molecule has 144 valence electrons. The molecule has 0 aliphatic carbocycles. The molecule has 0 fully saturated rings. The van der Waals surface area contributed by atoms with Gasteiger partial charge in [0.05, 0.1) is 17.1 Å². The van der Waals surface area contributed by atoms with Gasteiger partial charge in [-0.2, -0.15) is 0 Å². The lowest BCUT2D eigenvalue weighted by Gasteiger charge is -2.11. The first-order valence-electron chi connectivity index (χ1n) is 8.31. The Labute approximate surface area is 161 Å². The number of pyridine rings is 1. The average Bonchev–Trinajstić information content (AvgIpc) is 2.69. The molecule has 9 heteroatoms. The van der Waals surface area contributed by atoms with E-state index >= 15 is 0 Å². The van der Waals surface area contributed by atoms with E-state index in [1.54, 1.807) is 31.6 Å². The number of hydrogen-bond acceptors (Lipinski definition) is 7. The SMILES string of the molecule is Cn1c(NCC(=O)c2ccc(S(C)(=O)=O)cc2)nc(-c2ccncc2)cc1=O. The van der Waals surface area contributed by atoms with Crippen molar-refractivity contribution in [2.24, 2.45) is 7.05 Å². The normalized spacial score (nSPS) is 11.2. The van der Waals surface area contributed by atoms with Gasteiger partial charge in [-0.1, -0.05) is 12.1 Å². The Bertz CT molecular complexity index is 1170. The zero-order valence-electron chi connectivity index (χ0n) is 15.3. The third kappa shape index (κ3) is 4.32. The monoisotopic (exact) mass is 398 g/mol. The van der Waals surface area contributed by atoms with Crippen LogP contribution in [0.5, 0.6) is 0 Å². The average molecular weight is 398 g/mol. The summed E-state index contributed by atoms with van der Waals surface area (Å²) in [6.45, 7) is -0.0989. The van der Waals surface area contributed by atoms with Crippen molar-refractivity contribution in [2.45, 2.75) is 4.90 Å². The number of rotatable bonds is 6. The van der Waals surface area contributed by atoms with Gasteiger partial charge in [0.25, 0.3) is 5.56 Å². The number of sulfone groups is 1. The van der Waals surface area contributed by atoms with Gasteiger partial charge in [0.2, 0.25) is 5.95 Å². The number of benzene rings is 1. The van der Waals surface area contributed by atoms with Crippen molar-refractivity contribution in [3.8, 4) is 11.3 Å². The van der Waals surface area contributed by atoms with E-state index in [2.05, 4.69) is 15.3 Å². The topological polar surface area (TPSA) is 111 Å². The third-order valence-electron chi connectivity index (χ3n) is 4.12. The highest BCUT2D eigenvalue weighted by Crippen LogP contribution is 2.16. The summed E-state index contributed by atoms with van der Waals surface area (Å²) in [4.78, 5) is 33.1. The molecule has 0 unspecified atom stereocenters. The van der Waals surface area contributed by atoms with Gasteiger partial charge in [0.15, 0.2) is 15.6 Å². The predicted molar refractivity (Wildman–Crippen MR) is 105 cm³/mol. The van der Waals surface area contributed by atoms with Crippen LogP contribution in [-0.2, 0) is 16.9 Å². The van der Waals surface area contributed by atoms with Crippen LogP contribution in [0, 0.1) is 0 Å². The summed E-state index contributed by atoms with van der Waals surface area (Å²) in [6.07, 6.45) is 4.31. The second-order valence-electron chi connectivity index (χ2n) is 6.17. The molecule has 0 saturated carbocycles. The molecule has 3 rings (SSSR count). The molecular weight excluding hydrogens is 380 g/mol. The van der Waals surface area contributed by atoms with Gasteiger partial charge < -0.3 is 5.32 Å². The molecule has 28 heavy (non-hydrogen) atoms. The van der Waals surface area contributed by atoms with Gasteiger partial charge in [0.1, 0.15) is 0 Å². The summed E-state index contributed by atoms with van der Waals surface area (Å²) in [5, 5.41) is 2.88. The van der Waals surface area contributed by atoms with Gasteiger partial charge in [-0.15, -0.1) is 0 Å². The van der Waals surface area contributed by atoms with Crippen LogP contribution < -0.4 is 10.9 Å². The van der Waals surface area contributed by atoms with Crippen LogP contribution in [0.15, 0.2) is 64.5 Å². The quantitative estimate of drug-likeness (QED) is 0.627. The highest BCUT2D eigenvalue weighted by atomic mass is 32.2. The number of anilines is 1. The Morgan fingerprint density at radius 1 is 1.11 bits per heavy atom. The molecule has 8 nitrogen and oxygen atoms in total. The molecule has 2 aromatic heterocycles. The lowest BCUT2D eigenvalue weighted by Crippen LogP contribution is -2.24. The fourth-order valence-electron chi connectivity index (χ4n) is 2.52. The van der Waals surface area contributed by atoms with Crippen LogP contribution in [-0.4, -0.2) is 41.5 Å². The van der Waals surface area contributed by atoms with E-state index in [0.29, 0.717) is 11.3 Å².